The molecular weight excluding hydrogens is 370 g/mol. The van der Waals surface area contributed by atoms with Crippen LogP contribution in [0.3, 0.4) is 0 Å². The Balaban J connectivity index is 1.20. The third kappa shape index (κ3) is 5.35. The Morgan fingerprint density at radius 1 is 1.28 bits per heavy atom. The molecule has 0 saturated carbocycles. The van der Waals surface area contributed by atoms with E-state index in [0.29, 0.717) is 11.8 Å². The Kier molecular flexibility index (Phi) is 6.44. The van der Waals surface area contributed by atoms with Crippen LogP contribution in [-0.2, 0) is 16.0 Å². The number of aryl methyl sites for hydroxylation is 2. The summed E-state index contributed by atoms with van der Waals surface area (Å²) < 4.78 is 16.5. The van der Waals surface area contributed by atoms with Crippen LogP contribution in [0.2, 0.25) is 0 Å². The fraction of sp³-hybridized carbons (Fsp3) is 0.591. The molecular formula is C22H29N3O4. The van der Waals surface area contributed by atoms with Gasteiger partial charge in [0, 0.05) is 38.6 Å². The van der Waals surface area contributed by atoms with E-state index >= 15 is 0 Å². The summed E-state index contributed by atoms with van der Waals surface area (Å²) in [6.45, 7) is 5.20. The van der Waals surface area contributed by atoms with Crippen LogP contribution in [-0.4, -0.2) is 53.9 Å². The monoisotopic (exact) mass is 399 g/mol. The summed E-state index contributed by atoms with van der Waals surface area (Å²) in [5.41, 5.74) is 1.12. The predicted molar refractivity (Wildman–Crippen MR) is 107 cm³/mol. The van der Waals surface area contributed by atoms with E-state index in [1.807, 2.05) is 36.1 Å². The number of amides is 1. The lowest BCUT2D eigenvalue weighted by Crippen LogP contribution is -2.33. The average molecular weight is 399 g/mol. The maximum atomic E-state index is 12.5. The minimum Gasteiger partial charge on any atom is -0.484 e. The van der Waals surface area contributed by atoms with E-state index in [9.17, 15) is 4.79 Å². The van der Waals surface area contributed by atoms with E-state index in [-0.39, 0.29) is 12.5 Å². The van der Waals surface area contributed by atoms with Crippen molar-refractivity contribution in [2.75, 3.05) is 32.9 Å². The quantitative estimate of drug-likeness (QED) is 0.712. The molecule has 7 nitrogen and oxygen atoms in total. The lowest BCUT2D eigenvalue weighted by atomic mass is 10.0. The summed E-state index contributed by atoms with van der Waals surface area (Å²) in [4.78, 5) is 18.9. The highest BCUT2D eigenvalue weighted by atomic mass is 16.5. The van der Waals surface area contributed by atoms with Crippen molar-refractivity contribution in [3.05, 3.63) is 41.5 Å². The summed E-state index contributed by atoms with van der Waals surface area (Å²) in [6.07, 6.45) is 4.67. The number of aromatic nitrogens is 2. The van der Waals surface area contributed by atoms with Crippen LogP contribution in [0, 0.1) is 12.8 Å². The van der Waals surface area contributed by atoms with Gasteiger partial charge < -0.3 is 18.9 Å². The van der Waals surface area contributed by atoms with Gasteiger partial charge in [-0.1, -0.05) is 17.3 Å². The van der Waals surface area contributed by atoms with Crippen molar-refractivity contribution >= 4 is 5.91 Å². The number of carbonyl (C=O) groups is 1. The predicted octanol–water partition coefficient (Wildman–Crippen LogP) is 3.13. The smallest absolute Gasteiger partial charge is 0.260 e. The molecule has 1 unspecified atom stereocenters. The maximum Gasteiger partial charge on any atom is 0.260 e. The van der Waals surface area contributed by atoms with E-state index in [1.54, 1.807) is 0 Å². The van der Waals surface area contributed by atoms with Gasteiger partial charge in [-0.3, -0.25) is 4.79 Å². The number of likely N-dealkylation sites (tertiary alicyclic amines) is 1. The molecule has 4 rings (SSSR count). The molecule has 2 aliphatic heterocycles. The Bertz CT molecular complexity index is 816. The zero-order valence-corrected chi connectivity index (χ0v) is 17.0. The Labute approximate surface area is 171 Å². The number of nitrogens with zero attached hydrogens (tertiary/aromatic N) is 3. The van der Waals surface area contributed by atoms with Gasteiger partial charge in [0.2, 0.25) is 5.89 Å². The highest BCUT2D eigenvalue weighted by molar-refractivity contribution is 5.78. The first kappa shape index (κ1) is 19.9. The van der Waals surface area contributed by atoms with E-state index < -0.39 is 0 Å². The van der Waals surface area contributed by atoms with Crippen LogP contribution < -0.4 is 4.74 Å². The zero-order chi connectivity index (χ0) is 20.1. The normalized spacial score (nSPS) is 20.2. The van der Waals surface area contributed by atoms with E-state index in [2.05, 4.69) is 10.1 Å². The molecule has 0 spiro atoms. The second-order valence-corrected chi connectivity index (χ2v) is 8.07. The third-order valence-electron chi connectivity index (χ3n) is 5.82. The Morgan fingerprint density at radius 2 is 2.14 bits per heavy atom. The Hall–Kier alpha value is -2.41. The van der Waals surface area contributed by atoms with Crippen LogP contribution in [0.15, 0.2) is 28.8 Å². The number of rotatable bonds is 7. The molecule has 29 heavy (non-hydrogen) atoms. The summed E-state index contributed by atoms with van der Waals surface area (Å²) >= 11 is 0. The van der Waals surface area contributed by atoms with Crippen molar-refractivity contribution < 1.29 is 18.8 Å². The molecule has 0 bridgehead atoms. The van der Waals surface area contributed by atoms with E-state index in [0.717, 1.165) is 81.4 Å². The molecule has 156 valence electrons. The van der Waals surface area contributed by atoms with Crippen molar-refractivity contribution in [1.82, 2.24) is 15.0 Å². The first-order valence-electron chi connectivity index (χ1n) is 10.5. The molecule has 1 amide bonds. The van der Waals surface area contributed by atoms with Gasteiger partial charge in [-0.15, -0.1) is 0 Å². The highest BCUT2D eigenvalue weighted by Crippen LogP contribution is 2.26. The fourth-order valence-corrected chi connectivity index (χ4v) is 4.05. The van der Waals surface area contributed by atoms with Crippen molar-refractivity contribution in [3.8, 4) is 5.75 Å². The fourth-order valence-electron chi connectivity index (χ4n) is 4.05. The summed E-state index contributed by atoms with van der Waals surface area (Å²) in [7, 11) is 0. The molecule has 1 aromatic carbocycles. The van der Waals surface area contributed by atoms with Crippen LogP contribution >= 0.6 is 0 Å². The van der Waals surface area contributed by atoms with Gasteiger partial charge in [0.1, 0.15) is 5.75 Å². The first-order chi connectivity index (χ1) is 14.2. The molecule has 3 heterocycles. The minimum atomic E-state index is 0.0513. The van der Waals surface area contributed by atoms with Gasteiger partial charge in [-0.2, -0.15) is 4.98 Å². The number of benzene rings is 1. The maximum absolute atomic E-state index is 12.5. The minimum absolute atomic E-state index is 0.0513. The van der Waals surface area contributed by atoms with Crippen molar-refractivity contribution in [1.29, 1.82) is 0 Å². The van der Waals surface area contributed by atoms with Gasteiger partial charge in [0.25, 0.3) is 5.91 Å². The zero-order valence-electron chi connectivity index (χ0n) is 17.0. The van der Waals surface area contributed by atoms with Gasteiger partial charge in [-0.25, -0.2) is 0 Å². The lowest BCUT2D eigenvalue weighted by molar-refractivity contribution is -0.132. The van der Waals surface area contributed by atoms with Gasteiger partial charge in [0.15, 0.2) is 12.4 Å². The topological polar surface area (TPSA) is 77.7 Å². The Morgan fingerprint density at radius 3 is 2.97 bits per heavy atom. The largest absolute Gasteiger partial charge is 0.484 e. The van der Waals surface area contributed by atoms with Crippen molar-refractivity contribution in [2.24, 2.45) is 5.92 Å². The third-order valence-corrected chi connectivity index (χ3v) is 5.82. The summed E-state index contributed by atoms with van der Waals surface area (Å²) in [5.74, 6) is 3.13. The number of carbonyl (C=O) groups excluding carboxylic acids is 1. The van der Waals surface area contributed by atoms with Gasteiger partial charge in [-0.05, 0) is 56.2 Å². The average Bonchev–Trinajstić information content (AvgIpc) is 3.41. The molecule has 7 heteroatoms. The molecule has 2 aliphatic rings. The molecule has 1 aromatic heterocycles. The molecule has 2 fully saturated rings. The number of hydrogen-bond acceptors (Lipinski definition) is 6. The summed E-state index contributed by atoms with van der Waals surface area (Å²) in [5, 5.41) is 4.15. The van der Waals surface area contributed by atoms with E-state index in [1.165, 1.54) is 0 Å². The number of ether oxygens (including phenoxy) is 2. The van der Waals surface area contributed by atoms with Crippen LogP contribution in [0.4, 0.5) is 0 Å². The van der Waals surface area contributed by atoms with Crippen LogP contribution in [0.25, 0.3) is 0 Å². The molecule has 0 radical (unpaired) electrons. The molecule has 2 aromatic rings. The highest BCUT2D eigenvalue weighted by Gasteiger charge is 2.27. The molecule has 0 aliphatic carbocycles. The molecule has 1 atom stereocenters. The van der Waals surface area contributed by atoms with Crippen molar-refractivity contribution in [2.45, 2.75) is 44.9 Å². The van der Waals surface area contributed by atoms with Crippen LogP contribution in [0.5, 0.6) is 5.75 Å². The van der Waals surface area contributed by atoms with E-state index in [4.69, 9.17) is 14.0 Å². The summed E-state index contributed by atoms with van der Waals surface area (Å²) in [6, 6.07) is 7.77. The standard InChI is InChI=1S/C22H29N3O4/c1-16-3-2-4-19(13-16)28-15-21(26)25-10-7-17(14-25)5-6-20-23-22(29-24-20)18-8-11-27-12-9-18/h2-4,13,17-18H,5-12,14-15H2,1H3. The van der Waals surface area contributed by atoms with Crippen molar-refractivity contribution in [3.63, 3.8) is 0 Å². The molecule has 2 saturated heterocycles. The molecule has 0 N–H and O–H groups in total. The number of hydrogen-bond donors (Lipinski definition) is 0. The second kappa shape index (κ2) is 9.39. The lowest BCUT2D eigenvalue weighted by Gasteiger charge is -2.18. The first-order valence-corrected chi connectivity index (χ1v) is 10.5. The SMILES string of the molecule is Cc1cccc(OCC(=O)N2CCC(CCc3noc(C4CCOCC4)n3)C2)c1. The van der Waals surface area contributed by atoms with Gasteiger partial charge in [0.05, 0.1) is 0 Å². The second-order valence-electron chi connectivity index (χ2n) is 8.07. The van der Waals surface area contributed by atoms with Crippen LogP contribution in [0.1, 0.15) is 48.9 Å². The van der Waals surface area contributed by atoms with Gasteiger partial charge >= 0.3 is 0 Å².